The van der Waals surface area contributed by atoms with Gasteiger partial charge in [-0.3, -0.25) is 9.59 Å². The highest BCUT2D eigenvalue weighted by Gasteiger charge is 2.15. The van der Waals surface area contributed by atoms with Crippen LogP contribution in [-0.2, 0) is 16.0 Å². The number of benzene rings is 2. The normalized spacial score (nSPS) is 12.7. The maximum Gasteiger partial charge on any atom is 0.224 e. The van der Waals surface area contributed by atoms with Crippen molar-refractivity contribution in [2.45, 2.75) is 41.8 Å². The molecule has 31 heavy (non-hydrogen) atoms. The minimum absolute atomic E-state index is 0.0345. The van der Waals surface area contributed by atoms with Crippen LogP contribution in [0.2, 0.25) is 0 Å². The number of carbonyl (C=O) groups is 2. The Hall–Kier alpha value is -2.84. The van der Waals surface area contributed by atoms with E-state index < -0.39 is 0 Å². The molecule has 2 amide bonds. The SMILES string of the molecule is Cc1csc(Sc2ccc(NC(=O)CCCOc3ccc4c(c3)CCC(=O)N4)cc2)n1. The molecule has 0 radical (unpaired) electrons. The van der Waals surface area contributed by atoms with Gasteiger partial charge in [-0.15, -0.1) is 11.3 Å². The molecule has 1 aliphatic rings. The van der Waals surface area contributed by atoms with Gasteiger partial charge in [0.1, 0.15) is 5.75 Å². The van der Waals surface area contributed by atoms with Crippen LogP contribution < -0.4 is 15.4 Å². The van der Waals surface area contributed by atoms with E-state index >= 15 is 0 Å². The van der Waals surface area contributed by atoms with Crippen LogP contribution in [0, 0.1) is 6.92 Å². The highest BCUT2D eigenvalue weighted by atomic mass is 32.2. The van der Waals surface area contributed by atoms with Gasteiger partial charge in [0.05, 0.1) is 6.61 Å². The molecular weight excluding hydrogens is 430 g/mol. The molecule has 1 aliphatic heterocycles. The van der Waals surface area contributed by atoms with E-state index in [-0.39, 0.29) is 11.8 Å². The number of hydrogen-bond acceptors (Lipinski definition) is 6. The molecule has 8 heteroatoms. The number of thiazole rings is 1. The summed E-state index contributed by atoms with van der Waals surface area (Å²) >= 11 is 3.25. The summed E-state index contributed by atoms with van der Waals surface area (Å²) in [5.41, 5.74) is 3.75. The monoisotopic (exact) mass is 453 g/mol. The number of aromatic nitrogens is 1. The Kier molecular flexibility index (Phi) is 6.89. The molecule has 0 spiro atoms. The van der Waals surface area contributed by atoms with Crippen LogP contribution in [0.5, 0.6) is 5.75 Å². The molecule has 2 aromatic carbocycles. The van der Waals surface area contributed by atoms with Crippen molar-refractivity contribution >= 4 is 46.3 Å². The first kappa shape index (κ1) is 21.4. The highest BCUT2D eigenvalue weighted by molar-refractivity contribution is 8.01. The van der Waals surface area contributed by atoms with Gasteiger partial charge in [0, 0.05) is 40.2 Å². The van der Waals surface area contributed by atoms with Crippen molar-refractivity contribution in [1.82, 2.24) is 4.98 Å². The molecule has 2 heterocycles. The molecule has 2 N–H and O–H groups in total. The van der Waals surface area contributed by atoms with Crippen LogP contribution in [0.4, 0.5) is 11.4 Å². The first-order valence-corrected chi connectivity index (χ1v) is 11.8. The lowest BCUT2D eigenvalue weighted by Crippen LogP contribution is -2.18. The molecule has 6 nitrogen and oxygen atoms in total. The van der Waals surface area contributed by atoms with Gasteiger partial charge in [-0.2, -0.15) is 0 Å². The van der Waals surface area contributed by atoms with Crippen molar-refractivity contribution in [3.05, 3.63) is 59.1 Å². The molecular formula is C23H23N3O3S2. The predicted octanol–water partition coefficient (Wildman–Crippen LogP) is 5.29. The van der Waals surface area contributed by atoms with Gasteiger partial charge in [-0.25, -0.2) is 4.98 Å². The van der Waals surface area contributed by atoms with Crippen LogP contribution in [-0.4, -0.2) is 23.4 Å². The second kappa shape index (κ2) is 9.98. The molecule has 1 aromatic heterocycles. The van der Waals surface area contributed by atoms with Crippen molar-refractivity contribution in [2.75, 3.05) is 17.2 Å². The van der Waals surface area contributed by atoms with Crippen molar-refractivity contribution in [2.24, 2.45) is 0 Å². The number of ether oxygens (including phenoxy) is 1. The number of rotatable bonds is 8. The van der Waals surface area contributed by atoms with Crippen molar-refractivity contribution in [3.8, 4) is 5.75 Å². The molecule has 0 saturated heterocycles. The van der Waals surface area contributed by atoms with Crippen molar-refractivity contribution in [3.63, 3.8) is 0 Å². The Labute approximate surface area is 189 Å². The van der Waals surface area contributed by atoms with Crippen LogP contribution in [0.25, 0.3) is 0 Å². The lowest BCUT2D eigenvalue weighted by molar-refractivity contribution is -0.117. The fraction of sp³-hybridized carbons (Fsp3) is 0.261. The van der Waals surface area contributed by atoms with Gasteiger partial charge in [-0.1, -0.05) is 11.8 Å². The molecule has 0 fully saturated rings. The number of anilines is 2. The number of aryl methyl sites for hydroxylation is 2. The van der Waals surface area contributed by atoms with Gasteiger partial charge in [0.15, 0.2) is 4.34 Å². The van der Waals surface area contributed by atoms with Crippen LogP contribution >= 0.6 is 23.1 Å². The van der Waals surface area contributed by atoms with E-state index in [1.807, 2.05) is 54.8 Å². The lowest BCUT2D eigenvalue weighted by Gasteiger charge is -2.17. The van der Waals surface area contributed by atoms with Gasteiger partial charge in [-0.05, 0) is 67.8 Å². The molecule has 160 valence electrons. The van der Waals surface area contributed by atoms with E-state index in [1.54, 1.807) is 23.1 Å². The Balaban J connectivity index is 1.19. The summed E-state index contributed by atoms with van der Waals surface area (Å²) in [6.07, 6.45) is 2.23. The number of fused-ring (bicyclic) bond motifs is 1. The lowest BCUT2D eigenvalue weighted by atomic mass is 10.0. The molecule has 0 saturated carbocycles. The molecule has 0 bridgehead atoms. The number of nitrogens with one attached hydrogen (secondary N) is 2. The van der Waals surface area contributed by atoms with Crippen LogP contribution in [0.3, 0.4) is 0 Å². The maximum absolute atomic E-state index is 12.2. The Morgan fingerprint density at radius 3 is 2.84 bits per heavy atom. The third-order valence-corrected chi connectivity index (χ3v) is 6.79. The minimum Gasteiger partial charge on any atom is -0.494 e. The van der Waals surface area contributed by atoms with Gasteiger partial charge >= 0.3 is 0 Å². The fourth-order valence-corrected chi connectivity index (χ4v) is 4.99. The van der Waals surface area contributed by atoms with Crippen LogP contribution in [0.15, 0.2) is 57.1 Å². The highest BCUT2D eigenvalue weighted by Crippen LogP contribution is 2.31. The number of amides is 2. The van der Waals surface area contributed by atoms with Gasteiger partial charge in [0.25, 0.3) is 0 Å². The molecule has 3 aromatic rings. The Morgan fingerprint density at radius 2 is 2.06 bits per heavy atom. The van der Waals surface area contributed by atoms with E-state index in [0.717, 1.165) is 44.0 Å². The molecule has 0 unspecified atom stereocenters. The zero-order valence-corrected chi connectivity index (χ0v) is 18.8. The van der Waals surface area contributed by atoms with E-state index in [4.69, 9.17) is 4.74 Å². The Bertz CT molecular complexity index is 1080. The maximum atomic E-state index is 12.2. The smallest absolute Gasteiger partial charge is 0.224 e. The molecule has 0 aliphatic carbocycles. The molecule has 4 rings (SSSR count). The van der Waals surface area contributed by atoms with Crippen molar-refractivity contribution < 1.29 is 14.3 Å². The second-order valence-electron chi connectivity index (χ2n) is 7.25. The average Bonchev–Trinajstić information content (AvgIpc) is 3.17. The van der Waals surface area contributed by atoms with Crippen LogP contribution in [0.1, 0.15) is 30.5 Å². The van der Waals surface area contributed by atoms with Crippen molar-refractivity contribution in [1.29, 1.82) is 0 Å². The summed E-state index contributed by atoms with van der Waals surface area (Å²) in [7, 11) is 0. The minimum atomic E-state index is -0.0345. The third kappa shape index (κ3) is 6.08. The van der Waals surface area contributed by atoms with E-state index in [2.05, 4.69) is 15.6 Å². The topological polar surface area (TPSA) is 80.3 Å². The standard InChI is InChI=1S/C23H23N3O3S2/c1-15-14-30-23(24-15)31-19-8-5-17(6-9-19)25-21(27)3-2-12-29-18-7-10-20-16(13-18)4-11-22(28)26-20/h5-10,13-14H,2-4,11-12H2,1H3,(H,25,27)(H,26,28). The number of carbonyl (C=O) groups excluding carboxylic acids is 2. The quantitative estimate of drug-likeness (QED) is 0.453. The largest absolute Gasteiger partial charge is 0.494 e. The van der Waals surface area contributed by atoms with E-state index in [9.17, 15) is 9.59 Å². The third-order valence-electron chi connectivity index (χ3n) is 4.73. The predicted molar refractivity (Wildman–Crippen MR) is 124 cm³/mol. The first-order chi connectivity index (χ1) is 15.0. The summed E-state index contributed by atoms with van der Waals surface area (Å²) < 4.78 is 6.79. The Morgan fingerprint density at radius 1 is 1.23 bits per heavy atom. The molecule has 0 atom stereocenters. The summed E-state index contributed by atoms with van der Waals surface area (Å²) in [6.45, 7) is 2.44. The van der Waals surface area contributed by atoms with E-state index in [0.29, 0.717) is 25.9 Å². The average molecular weight is 454 g/mol. The van der Waals surface area contributed by atoms with Gasteiger partial charge in [0.2, 0.25) is 11.8 Å². The first-order valence-electron chi connectivity index (χ1n) is 10.1. The zero-order chi connectivity index (χ0) is 21.6. The van der Waals surface area contributed by atoms with Gasteiger partial charge < -0.3 is 15.4 Å². The fourth-order valence-electron chi connectivity index (χ4n) is 3.18. The summed E-state index contributed by atoms with van der Waals surface area (Å²) in [5.74, 6) is 0.779. The summed E-state index contributed by atoms with van der Waals surface area (Å²) in [5, 5.41) is 7.81. The number of nitrogens with zero attached hydrogens (tertiary/aromatic N) is 1. The summed E-state index contributed by atoms with van der Waals surface area (Å²) in [4.78, 5) is 29.2. The second-order valence-corrected chi connectivity index (χ2v) is 9.43. The zero-order valence-electron chi connectivity index (χ0n) is 17.1. The summed E-state index contributed by atoms with van der Waals surface area (Å²) in [6, 6.07) is 13.5. The van der Waals surface area contributed by atoms with E-state index in [1.165, 1.54) is 0 Å². The number of hydrogen-bond donors (Lipinski definition) is 2.